The van der Waals surface area contributed by atoms with E-state index in [9.17, 15) is 0 Å². The van der Waals surface area contributed by atoms with E-state index in [0.717, 1.165) is 37.5 Å². The summed E-state index contributed by atoms with van der Waals surface area (Å²) in [7, 11) is 0. The number of rotatable bonds is 7. The Morgan fingerprint density at radius 3 is 2.63 bits per heavy atom. The molecule has 0 aliphatic carbocycles. The fourth-order valence-corrected chi connectivity index (χ4v) is 2.09. The minimum atomic E-state index is 0.711. The van der Waals surface area contributed by atoms with Crippen molar-refractivity contribution in [3.05, 3.63) is 53.4 Å². The van der Waals surface area contributed by atoms with Gasteiger partial charge in [0.25, 0.3) is 0 Å². The van der Waals surface area contributed by atoms with Crippen LogP contribution >= 0.6 is 0 Å². The van der Waals surface area contributed by atoms with Crippen molar-refractivity contribution in [1.82, 2.24) is 10.1 Å². The minimum absolute atomic E-state index is 0.711. The molecule has 2 rings (SSSR count). The summed E-state index contributed by atoms with van der Waals surface area (Å²) in [6.07, 6.45) is 0.990. The Labute approximate surface area is 114 Å². The Morgan fingerprint density at radius 1 is 1.21 bits per heavy atom. The zero-order chi connectivity index (χ0) is 13.5. The van der Waals surface area contributed by atoms with E-state index in [1.54, 1.807) is 0 Å². The lowest BCUT2D eigenvalue weighted by molar-refractivity contribution is 0.246. The topological polar surface area (TPSA) is 55.3 Å². The average molecular weight is 259 g/mol. The standard InChI is InChI=1S/C15H21N3O/c1-13-10-15(17-19-13)12-18(9-5-8-16)11-14-6-3-2-4-7-14/h2-4,6-7,10H,5,8-9,11-12,16H2,1H3. The third-order valence-corrected chi connectivity index (χ3v) is 2.99. The van der Waals surface area contributed by atoms with Crippen molar-refractivity contribution in [3.63, 3.8) is 0 Å². The van der Waals surface area contributed by atoms with E-state index < -0.39 is 0 Å². The van der Waals surface area contributed by atoms with Gasteiger partial charge in [-0.25, -0.2) is 0 Å². The second-order valence-corrected chi connectivity index (χ2v) is 4.77. The van der Waals surface area contributed by atoms with E-state index in [4.69, 9.17) is 10.3 Å². The van der Waals surface area contributed by atoms with Gasteiger partial charge in [-0.1, -0.05) is 35.5 Å². The Hall–Kier alpha value is -1.65. The Balaban J connectivity index is 1.99. The molecule has 4 nitrogen and oxygen atoms in total. The lowest BCUT2D eigenvalue weighted by atomic mass is 10.2. The maximum Gasteiger partial charge on any atom is 0.133 e. The van der Waals surface area contributed by atoms with Crippen LogP contribution in [0.4, 0.5) is 0 Å². The van der Waals surface area contributed by atoms with E-state index in [2.05, 4.69) is 34.3 Å². The van der Waals surface area contributed by atoms with Gasteiger partial charge in [0.15, 0.2) is 0 Å². The van der Waals surface area contributed by atoms with Gasteiger partial charge in [-0.05, 0) is 25.5 Å². The van der Waals surface area contributed by atoms with E-state index in [-0.39, 0.29) is 0 Å². The maximum absolute atomic E-state index is 5.61. The first kappa shape index (κ1) is 13.8. The van der Waals surface area contributed by atoms with Gasteiger partial charge < -0.3 is 10.3 Å². The van der Waals surface area contributed by atoms with Crippen molar-refractivity contribution in [2.75, 3.05) is 13.1 Å². The smallest absolute Gasteiger partial charge is 0.133 e. The molecule has 0 unspecified atom stereocenters. The van der Waals surface area contributed by atoms with Crippen LogP contribution < -0.4 is 5.73 Å². The number of nitrogens with two attached hydrogens (primary N) is 1. The van der Waals surface area contributed by atoms with Crippen LogP contribution in [0.3, 0.4) is 0 Å². The Kier molecular flexibility index (Phi) is 5.12. The Bertz CT molecular complexity index is 481. The molecular formula is C15H21N3O. The molecule has 4 heteroatoms. The quantitative estimate of drug-likeness (QED) is 0.829. The van der Waals surface area contributed by atoms with Crippen molar-refractivity contribution in [2.24, 2.45) is 5.73 Å². The molecule has 0 spiro atoms. The molecule has 0 radical (unpaired) electrons. The van der Waals surface area contributed by atoms with Crippen LogP contribution in [-0.4, -0.2) is 23.1 Å². The molecule has 102 valence electrons. The normalized spacial score (nSPS) is 11.1. The summed E-state index contributed by atoms with van der Waals surface area (Å²) in [6.45, 7) is 5.30. The van der Waals surface area contributed by atoms with Crippen molar-refractivity contribution >= 4 is 0 Å². The van der Waals surface area contributed by atoms with Crippen molar-refractivity contribution in [2.45, 2.75) is 26.4 Å². The number of nitrogens with zero attached hydrogens (tertiary/aromatic N) is 2. The molecule has 0 saturated carbocycles. The van der Waals surface area contributed by atoms with Gasteiger partial charge in [0.1, 0.15) is 5.76 Å². The molecule has 19 heavy (non-hydrogen) atoms. The second-order valence-electron chi connectivity index (χ2n) is 4.77. The molecular weight excluding hydrogens is 238 g/mol. The first-order valence-electron chi connectivity index (χ1n) is 6.66. The van der Waals surface area contributed by atoms with Crippen LogP contribution in [-0.2, 0) is 13.1 Å². The van der Waals surface area contributed by atoms with Gasteiger partial charge in [-0.2, -0.15) is 0 Å². The third kappa shape index (κ3) is 4.50. The number of benzene rings is 1. The summed E-state index contributed by atoms with van der Waals surface area (Å²) >= 11 is 0. The van der Waals surface area contributed by atoms with Crippen LogP contribution in [0.1, 0.15) is 23.4 Å². The second kappa shape index (κ2) is 7.07. The fraction of sp³-hybridized carbons (Fsp3) is 0.400. The van der Waals surface area contributed by atoms with Gasteiger partial charge in [0.2, 0.25) is 0 Å². The molecule has 0 bridgehead atoms. The monoisotopic (exact) mass is 259 g/mol. The number of hydrogen-bond donors (Lipinski definition) is 1. The summed E-state index contributed by atoms with van der Waals surface area (Å²) in [5, 5.41) is 4.06. The van der Waals surface area contributed by atoms with Crippen molar-refractivity contribution in [3.8, 4) is 0 Å². The third-order valence-electron chi connectivity index (χ3n) is 2.99. The summed E-state index contributed by atoms with van der Waals surface area (Å²) in [6, 6.07) is 12.4. The molecule has 0 amide bonds. The zero-order valence-corrected chi connectivity index (χ0v) is 11.4. The molecule has 0 atom stereocenters. The summed E-state index contributed by atoms with van der Waals surface area (Å²) < 4.78 is 5.12. The number of hydrogen-bond acceptors (Lipinski definition) is 4. The summed E-state index contributed by atoms with van der Waals surface area (Å²) in [5.74, 6) is 0.855. The molecule has 0 saturated heterocycles. The molecule has 0 aliphatic heterocycles. The summed E-state index contributed by atoms with van der Waals surface area (Å²) in [5.41, 5.74) is 7.89. The highest BCUT2D eigenvalue weighted by atomic mass is 16.5. The first-order chi connectivity index (χ1) is 9.28. The molecule has 0 aliphatic rings. The van der Waals surface area contributed by atoms with Gasteiger partial charge in [0.05, 0.1) is 5.69 Å². The van der Waals surface area contributed by atoms with Gasteiger partial charge in [-0.15, -0.1) is 0 Å². The Morgan fingerprint density at radius 2 is 2.00 bits per heavy atom. The molecule has 2 aromatic rings. The van der Waals surface area contributed by atoms with Crippen LogP contribution in [0, 0.1) is 6.92 Å². The molecule has 0 fully saturated rings. The predicted octanol–water partition coefficient (Wildman–Crippen LogP) is 2.33. The highest BCUT2D eigenvalue weighted by molar-refractivity contribution is 5.14. The van der Waals surface area contributed by atoms with Gasteiger partial charge >= 0.3 is 0 Å². The maximum atomic E-state index is 5.61. The van der Waals surface area contributed by atoms with E-state index in [0.29, 0.717) is 6.54 Å². The van der Waals surface area contributed by atoms with Crippen LogP contribution in [0.15, 0.2) is 40.9 Å². The predicted molar refractivity (Wildman–Crippen MR) is 75.5 cm³/mol. The molecule has 1 aromatic heterocycles. The first-order valence-corrected chi connectivity index (χ1v) is 6.66. The van der Waals surface area contributed by atoms with Gasteiger partial charge in [-0.3, -0.25) is 4.90 Å². The highest BCUT2D eigenvalue weighted by Crippen LogP contribution is 2.10. The van der Waals surface area contributed by atoms with Gasteiger partial charge in [0, 0.05) is 25.7 Å². The lowest BCUT2D eigenvalue weighted by Crippen LogP contribution is -2.25. The van der Waals surface area contributed by atoms with E-state index in [1.165, 1.54) is 5.56 Å². The average Bonchev–Trinajstić information content (AvgIpc) is 2.82. The molecule has 1 heterocycles. The zero-order valence-electron chi connectivity index (χ0n) is 11.4. The minimum Gasteiger partial charge on any atom is -0.361 e. The molecule has 1 aromatic carbocycles. The van der Waals surface area contributed by atoms with Crippen LogP contribution in [0.2, 0.25) is 0 Å². The van der Waals surface area contributed by atoms with E-state index in [1.807, 2.05) is 19.1 Å². The molecule has 2 N–H and O–H groups in total. The van der Waals surface area contributed by atoms with Crippen molar-refractivity contribution in [1.29, 1.82) is 0 Å². The fourth-order valence-electron chi connectivity index (χ4n) is 2.09. The van der Waals surface area contributed by atoms with Crippen molar-refractivity contribution < 1.29 is 4.52 Å². The summed E-state index contributed by atoms with van der Waals surface area (Å²) in [4.78, 5) is 2.35. The highest BCUT2D eigenvalue weighted by Gasteiger charge is 2.09. The van der Waals surface area contributed by atoms with Crippen LogP contribution in [0.25, 0.3) is 0 Å². The van der Waals surface area contributed by atoms with E-state index >= 15 is 0 Å². The lowest BCUT2D eigenvalue weighted by Gasteiger charge is -2.20. The SMILES string of the molecule is Cc1cc(CN(CCCN)Cc2ccccc2)no1. The number of aryl methyl sites for hydroxylation is 1. The number of aromatic nitrogens is 1. The van der Waals surface area contributed by atoms with Crippen LogP contribution in [0.5, 0.6) is 0 Å². The largest absolute Gasteiger partial charge is 0.361 e.